The number of nitrogen functional groups attached to an aromatic ring is 1. The Labute approximate surface area is 236 Å². The van der Waals surface area contributed by atoms with Crippen molar-refractivity contribution < 1.29 is 39.2 Å². The molecule has 0 saturated carbocycles. The number of rotatable bonds is 4. The Morgan fingerprint density at radius 1 is 1.15 bits per heavy atom. The third-order valence-electron chi connectivity index (χ3n) is 9.56. The summed E-state index contributed by atoms with van der Waals surface area (Å²) in [6.07, 6.45) is 1.57. The number of carbonyl (C=O) groups is 3. The number of allylic oxidation sites excluding steroid dienone is 1. The first kappa shape index (κ1) is 29.0. The predicted octanol–water partition coefficient (Wildman–Crippen LogP) is 1.46. The molecule has 1 heterocycles. The highest BCUT2D eigenvalue weighted by Gasteiger charge is 2.63. The van der Waals surface area contributed by atoms with Crippen LogP contribution in [0.15, 0.2) is 22.7 Å². The average molecular weight is 573 g/mol. The maximum atomic E-state index is 16.1. The molecule has 1 saturated heterocycles. The Hall–Kier alpha value is -3.48. The number of aromatic hydroxyl groups is 1. The molecule has 5 rings (SSSR count). The van der Waals surface area contributed by atoms with Crippen molar-refractivity contribution in [3.05, 3.63) is 45.2 Å². The van der Waals surface area contributed by atoms with Crippen molar-refractivity contribution in [1.29, 1.82) is 0 Å². The molecule has 8 N–H and O–H groups in total. The van der Waals surface area contributed by atoms with Crippen LogP contribution in [0.3, 0.4) is 0 Å². The van der Waals surface area contributed by atoms with Crippen LogP contribution in [0.2, 0.25) is 0 Å². The minimum atomic E-state index is -2.76. The fourth-order valence-electron chi connectivity index (χ4n) is 7.11. The van der Waals surface area contributed by atoms with Crippen molar-refractivity contribution in [2.45, 2.75) is 57.7 Å². The molecule has 4 aliphatic rings. The van der Waals surface area contributed by atoms with E-state index in [9.17, 15) is 34.8 Å². The van der Waals surface area contributed by atoms with Gasteiger partial charge >= 0.3 is 0 Å². The molecule has 3 aliphatic carbocycles. The molecular weight excluding hydrogens is 535 g/mol. The van der Waals surface area contributed by atoms with Crippen LogP contribution in [0.4, 0.5) is 10.1 Å². The van der Waals surface area contributed by atoms with Crippen molar-refractivity contribution in [2.24, 2.45) is 23.0 Å². The van der Waals surface area contributed by atoms with Gasteiger partial charge in [0.1, 0.15) is 28.7 Å². The van der Waals surface area contributed by atoms with Crippen molar-refractivity contribution in [3.63, 3.8) is 0 Å². The van der Waals surface area contributed by atoms with E-state index >= 15 is 4.39 Å². The number of amides is 1. The number of anilines is 1. The fraction of sp³-hybridized carbons (Fsp3) is 0.552. The zero-order valence-electron chi connectivity index (χ0n) is 23.6. The van der Waals surface area contributed by atoms with Gasteiger partial charge in [0.15, 0.2) is 11.4 Å². The number of halogens is 1. The zero-order chi connectivity index (χ0) is 30.3. The van der Waals surface area contributed by atoms with Gasteiger partial charge in [0.2, 0.25) is 5.78 Å². The standard InChI is InChI=1S/C29H37FN4O7/c1-28(2)5-7-34(8-6-28)11-14-19(30)13-9-12-10-15-21(33(3)4)24(37)18(27(32)40)26(39)29(15,41)25(38)16(12)22(35)17(13)23(36)20(14)31/h12,15,21,36-38,41H,5-11,31H2,1-4H3,(H2,32,40)/t12-,15-,21-,29-/m0/s1. The van der Waals surface area contributed by atoms with E-state index in [2.05, 4.69) is 18.7 Å². The Bertz CT molecular complexity index is 1440. The molecule has 4 atom stereocenters. The summed E-state index contributed by atoms with van der Waals surface area (Å²) in [6.45, 7) is 5.93. The van der Waals surface area contributed by atoms with Gasteiger partial charge in [-0.05, 0) is 64.2 Å². The number of nitrogens with two attached hydrogens (primary N) is 2. The number of ketones is 2. The predicted molar refractivity (Wildman–Crippen MR) is 146 cm³/mol. The summed E-state index contributed by atoms with van der Waals surface area (Å²) in [7, 11) is 3.09. The zero-order valence-corrected chi connectivity index (χ0v) is 23.6. The number of likely N-dealkylation sites (N-methyl/N-ethyl adjacent to an activating group) is 1. The lowest BCUT2D eigenvalue weighted by atomic mass is 9.58. The van der Waals surface area contributed by atoms with Crippen molar-refractivity contribution in [1.82, 2.24) is 9.80 Å². The van der Waals surface area contributed by atoms with Crippen LogP contribution in [0.5, 0.6) is 5.75 Å². The molecule has 0 aromatic heterocycles. The number of Topliss-reactive ketones (excluding diaryl/α,β-unsaturated/α-hetero) is 2. The summed E-state index contributed by atoms with van der Waals surface area (Å²) >= 11 is 0. The molecule has 0 unspecified atom stereocenters. The minimum Gasteiger partial charge on any atom is -0.510 e. The number of nitrogens with zero attached hydrogens (tertiary/aromatic N) is 2. The van der Waals surface area contributed by atoms with E-state index < -0.39 is 75.2 Å². The number of hydrogen-bond donors (Lipinski definition) is 6. The smallest absolute Gasteiger partial charge is 0.255 e. The monoisotopic (exact) mass is 572 g/mol. The van der Waals surface area contributed by atoms with Crippen molar-refractivity contribution in [3.8, 4) is 5.75 Å². The van der Waals surface area contributed by atoms with Gasteiger partial charge in [-0.1, -0.05) is 13.8 Å². The van der Waals surface area contributed by atoms with Gasteiger partial charge in [0, 0.05) is 29.2 Å². The molecule has 0 bridgehead atoms. The van der Waals surface area contributed by atoms with Gasteiger partial charge in [-0.3, -0.25) is 24.2 Å². The number of carbonyl (C=O) groups excluding carboxylic acids is 3. The SMILES string of the molecule is CN(C)[C@@H]1C(O)=C(C(N)=O)C(=O)[C@@]2(O)C(O)=C3C(=O)c4c(O)c(N)c(CN5CCC(C)(C)CC5)c(F)c4C[C@H]3C[C@@H]12. The van der Waals surface area contributed by atoms with Crippen molar-refractivity contribution in [2.75, 3.05) is 32.9 Å². The molecule has 1 aromatic carbocycles. The van der Waals surface area contributed by atoms with Crippen LogP contribution < -0.4 is 11.5 Å². The van der Waals surface area contributed by atoms with Gasteiger partial charge in [0.05, 0.1) is 17.3 Å². The quantitative estimate of drug-likeness (QED) is 0.175. The maximum absolute atomic E-state index is 16.1. The van der Waals surface area contributed by atoms with E-state index in [1.54, 1.807) is 14.1 Å². The van der Waals surface area contributed by atoms with Gasteiger partial charge in [-0.15, -0.1) is 0 Å². The number of aliphatic hydroxyl groups is 3. The third-order valence-corrected chi connectivity index (χ3v) is 9.56. The van der Waals surface area contributed by atoms with Gasteiger partial charge in [-0.25, -0.2) is 4.39 Å². The molecule has 0 radical (unpaired) electrons. The summed E-state index contributed by atoms with van der Waals surface area (Å²) < 4.78 is 16.1. The van der Waals surface area contributed by atoms with E-state index in [-0.39, 0.29) is 47.2 Å². The first-order valence-corrected chi connectivity index (χ1v) is 13.7. The highest BCUT2D eigenvalue weighted by atomic mass is 19.1. The van der Waals surface area contributed by atoms with Crippen LogP contribution in [0.1, 0.15) is 54.6 Å². The maximum Gasteiger partial charge on any atom is 0.255 e. The summed E-state index contributed by atoms with van der Waals surface area (Å²) in [5.41, 5.74) is 7.01. The second-order valence-corrected chi connectivity index (χ2v) is 12.8. The number of aliphatic hydroxyl groups excluding tert-OH is 2. The lowest BCUT2D eigenvalue weighted by Gasteiger charge is -2.50. The summed E-state index contributed by atoms with van der Waals surface area (Å²) in [4.78, 5) is 42.8. The van der Waals surface area contributed by atoms with Crippen LogP contribution in [-0.2, 0) is 22.6 Å². The molecule has 222 valence electrons. The third kappa shape index (κ3) is 4.14. The number of fused-ring (bicyclic) bond motifs is 3. The Morgan fingerprint density at radius 2 is 1.76 bits per heavy atom. The molecule has 1 fully saturated rings. The number of phenolic OH excluding ortho intramolecular Hbond substituents is 1. The largest absolute Gasteiger partial charge is 0.510 e. The number of likely N-dealkylation sites (tertiary alicyclic amines) is 1. The molecule has 41 heavy (non-hydrogen) atoms. The molecule has 1 aliphatic heterocycles. The van der Waals surface area contributed by atoms with E-state index in [1.165, 1.54) is 4.90 Å². The highest BCUT2D eigenvalue weighted by molar-refractivity contribution is 6.24. The van der Waals surface area contributed by atoms with E-state index in [4.69, 9.17) is 11.5 Å². The average Bonchev–Trinajstić information content (AvgIpc) is 2.87. The summed E-state index contributed by atoms with van der Waals surface area (Å²) in [5, 5.41) is 44.9. The number of hydrogen-bond acceptors (Lipinski definition) is 10. The number of primary amides is 1. The second kappa shape index (κ2) is 9.53. The minimum absolute atomic E-state index is 0.0536. The first-order chi connectivity index (χ1) is 19.0. The van der Waals surface area contributed by atoms with Crippen LogP contribution in [0, 0.1) is 23.1 Å². The van der Waals surface area contributed by atoms with Crippen LogP contribution in [0.25, 0.3) is 0 Å². The van der Waals surface area contributed by atoms with Crippen LogP contribution >= 0.6 is 0 Å². The fourth-order valence-corrected chi connectivity index (χ4v) is 7.11. The molecule has 11 nitrogen and oxygen atoms in total. The molecular formula is C29H37FN4O7. The Balaban J connectivity index is 1.61. The topological polar surface area (TPSA) is 191 Å². The number of benzene rings is 1. The van der Waals surface area contributed by atoms with E-state index in [1.807, 2.05) is 0 Å². The van der Waals surface area contributed by atoms with Crippen molar-refractivity contribution >= 4 is 23.2 Å². The normalized spacial score (nSPS) is 29.9. The van der Waals surface area contributed by atoms with Gasteiger partial charge < -0.3 is 31.9 Å². The van der Waals surface area contributed by atoms with Crippen LogP contribution in [-0.4, -0.2) is 86.5 Å². The first-order valence-electron chi connectivity index (χ1n) is 13.7. The van der Waals surface area contributed by atoms with E-state index in [0.717, 1.165) is 25.9 Å². The number of piperidine rings is 1. The summed E-state index contributed by atoms with van der Waals surface area (Å²) in [6, 6.07) is -1.12. The van der Waals surface area contributed by atoms with E-state index in [0.29, 0.717) is 0 Å². The Kier molecular flexibility index (Phi) is 6.75. The highest BCUT2D eigenvalue weighted by Crippen LogP contribution is 2.53. The molecule has 12 heteroatoms. The molecule has 0 spiro atoms. The lowest BCUT2D eigenvalue weighted by molar-refractivity contribution is -0.148. The Morgan fingerprint density at radius 3 is 2.32 bits per heavy atom. The molecule has 1 aromatic rings. The lowest BCUT2D eigenvalue weighted by Crippen LogP contribution is -2.63. The number of phenols is 1. The molecule has 1 amide bonds. The summed E-state index contributed by atoms with van der Waals surface area (Å²) in [5.74, 6) is -8.65. The second-order valence-electron chi connectivity index (χ2n) is 12.8. The van der Waals surface area contributed by atoms with Gasteiger partial charge in [-0.2, -0.15) is 0 Å². The van der Waals surface area contributed by atoms with Gasteiger partial charge in [0.25, 0.3) is 5.91 Å².